The van der Waals surface area contributed by atoms with Crippen molar-refractivity contribution in [3.05, 3.63) is 193 Å². The molecule has 0 saturated carbocycles. The predicted octanol–water partition coefficient (Wildman–Crippen LogP) is 14.4. The standard InChI is InChI=1S/C57H47N4O.Pt/c1-56(2,3)44-32-48(54(62)49(33-44)57(4,5)6)55-60-53-46(26-18-28-52(53)61(55)51-27-17-16-25-45(51)38-21-12-8-13-22-38)41-29-40(37-19-10-7-11-20-37)30-42(31-41)50-34-47(43(35-58)36-59-50)39-23-14-9-15-24-39;/h7-30,32-34,36,62H,1-6H3;/q-1;. The molecule has 5 nitrogen and oxygen atoms in total. The first-order valence-electron chi connectivity index (χ1n) is 21.0. The first-order valence-corrected chi connectivity index (χ1v) is 21.0. The summed E-state index contributed by atoms with van der Waals surface area (Å²) in [7, 11) is 0. The van der Waals surface area contributed by atoms with E-state index in [2.05, 4.69) is 161 Å². The molecule has 1 N–H and O–H groups in total. The Labute approximate surface area is 384 Å². The van der Waals surface area contributed by atoms with E-state index < -0.39 is 0 Å². The Hall–Kier alpha value is -6.86. The maximum Gasteiger partial charge on any atom is 0.148 e. The van der Waals surface area contributed by atoms with Gasteiger partial charge in [-0.3, -0.25) is 9.55 Å². The quantitative estimate of drug-likeness (QED) is 0.161. The van der Waals surface area contributed by atoms with Crippen molar-refractivity contribution in [2.75, 3.05) is 0 Å². The van der Waals surface area contributed by atoms with Crippen LogP contribution in [0.15, 0.2) is 170 Å². The van der Waals surface area contributed by atoms with Gasteiger partial charge >= 0.3 is 0 Å². The summed E-state index contributed by atoms with van der Waals surface area (Å²) in [5.41, 5.74) is 14.4. The monoisotopic (exact) mass is 998 g/mol. The number of fused-ring (bicyclic) bond motifs is 1. The molecule has 0 saturated heterocycles. The third kappa shape index (κ3) is 8.28. The minimum absolute atomic E-state index is 0. The van der Waals surface area contributed by atoms with Gasteiger partial charge in [-0.15, -0.1) is 23.8 Å². The molecule has 2 heterocycles. The molecule has 0 aliphatic heterocycles. The first kappa shape index (κ1) is 42.8. The molecule has 6 heteroatoms. The fourth-order valence-electron chi connectivity index (χ4n) is 8.28. The van der Waals surface area contributed by atoms with Gasteiger partial charge in [0.2, 0.25) is 0 Å². The van der Waals surface area contributed by atoms with Gasteiger partial charge < -0.3 is 5.11 Å². The molecule has 63 heavy (non-hydrogen) atoms. The second kappa shape index (κ2) is 17.1. The van der Waals surface area contributed by atoms with E-state index in [1.807, 2.05) is 60.7 Å². The van der Waals surface area contributed by atoms with Gasteiger partial charge in [-0.05, 0) is 56.8 Å². The van der Waals surface area contributed by atoms with Crippen LogP contribution in [0, 0.1) is 17.4 Å². The summed E-state index contributed by atoms with van der Waals surface area (Å²) >= 11 is 0. The molecule has 0 unspecified atom stereocenters. The van der Waals surface area contributed by atoms with Crippen molar-refractivity contribution in [3.63, 3.8) is 0 Å². The fraction of sp³-hybridized carbons (Fsp3) is 0.140. The number of phenols is 1. The Morgan fingerprint density at radius 1 is 0.571 bits per heavy atom. The Morgan fingerprint density at radius 3 is 1.79 bits per heavy atom. The largest absolute Gasteiger partial charge is 0.507 e. The van der Waals surface area contributed by atoms with E-state index >= 15 is 0 Å². The average molecular weight is 999 g/mol. The predicted molar refractivity (Wildman–Crippen MR) is 254 cm³/mol. The van der Waals surface area contributed by atoms with Gasteiger partial charge in [0.1, 0.15) is 17.6 Å². The van der Waals surface area contributed by atoms with Crippen LogP contribution in [0.25, 0.3) is 83.9 Å². The number of pyridine rings is 1. The molecule has 0 fully saturated rings. The number of rotatable bonds is 7. The number of para-hydroxylation sites is 2. The molecule has 0 aliphatic carbocycles. The molecule has 0 spiro atoms. The molecular weight excluding hydrogens is 952 g/mol. The number of nitriles is 1. The van der Waals surface area contributed by atoms with E-state index in [1.165, 1.54) is 0 Å². The Bertz CT molecular complexity index is 3150. The van der Waals surface area contributed by atoms with Crippen LogP contribution in [0.3, 0.4) is 0 Å². The molecule has 0 aliphatic rings. The zero-order chi connectivity index (χ0) is 43.2. The normalized spacial score (nSPS) is 11.6. The molecular formula is C57H47N4OPt-. The van der Waals surface area contributed by atoms with Crippen LogP contribution in [0.4, 0.5) is 0 Å². The number of imidazole rings is 1. The minimum atomic E-state index is -0.340. The maximum atomic E-state index is 12.4. The van der Waals surface area contributed by atoms with Gasteiger partial charge in [-0.1, -0.05) is 192 Å². The minimum Gasteiger partial charge on any atom is -0.507 e. The zero-order valence-corrected chi connectivity index (χ0v) is 38.5. The molecule has 7 aromatic carbocycles. The number of aromatic hydroxyl groups is 1. The van der Waals surface area contributed by atoms with Crippen molar-refractivity contribution < 1.29 is 26.2 Å². The third-order valence-corrected chi connectivity index (χ3v) is 11.6. The van der Waals surface area contributed by atoms with Crippen molar-refractivity contribution in [2.24, 2.45) is 0 Å². The maximum absolute atomic E-state index is 12.4. The summed E-state index contributed by atoms with van der Waals surface area (Å²) < 4.78 is 2.21. The van der Waals surface area contributed by atoms with Crippen molar-refractivity contribution in [1.82, 2.24) is 14.5 Å². The van der Waals surface area contributed by atoms with Gasteiger partial charge in [0.15, 0.2) is 0 Å². The SMILES string of the molecule is CC(C)(C)c1cc(-c2nc3c(-c4[c-]c(-c5cc(-c6ccccc6)c(C#N)cn5)cc(-c5ccccc5)c4)cccc3n2-c2ccccc2-c2ccccc2)c(O)c(C(C)(C)C)c1.[Pt]. The molecule has 312 valence electrons. The zero-order valence-electron chi connectivity index (χ0n) is 36.2. The van der Waals surface area contributed by atoms with Crippen molar-refractivity contribution in [1.29, 1.82) is 5.26 Å². The Balaban J connectivity index is 0.00000544. The Kier molecular flexibility index (Phi) is 11.6. The van der Waals surface area contributed by atoms with E-state index in [0.29, 0.717) is 22.6 Å². The van der Waals surface area contributed by atoms with Crippen molar-refractivity contribution in [3.8, 4) is 84.7 Å². The fourth-order valence-corrected chi connectivity index (χ4v) is 8.28. The van der Waals surface area contributed by atoms with Crippen LogP contribution in [0.1, 0.15) is 58.2 Å². The molecule has 0 radical (unpaired) electrons. The molecule has 0 atom stereocenters. The van der Waals surface area contributed by atoms with Gasteiger partial charge in [0.05, 0.1) is 27.8 Å². The number of hydrogen-bond acceptors (Lipinski definition) is 4. The van der Waals surface area contributed by atoms with Crippen molar-refractivity contribution >= 4 is 11.0 Å². The summed E-state index contributed by atoms with van der Waals surface area (Å²) in [6, 6.07) is 62.0. The van der Waals surface area contributed by atoms with Crippen LogP contribution < -0.4 is 0 Å². The van der Waals surface area contributed by atoms with Gasteiger partial charge in [-0.25, -0.2) is 4.98 Å². The topological polar surface area (TPSA) is 74.7 Å². The molecule has 2 aromatic heterocycles. The number of nitrogens with zero attached hydrogens (tertiary/aromatic N) is 4. The van der Waals surface area contributed by atoms with Crippen LogP contribution in [-0.2, 0) is 31.9 Å². The summed E-state index contributed by atoms with van der Waals surface area (Å²) in [5, 5.41) is 22.5. The first-order chi connectivity index (χ1) is 29.9. The van der Waals surface area contributed by atoms with E-state index in [0.717, 1.165) is 77.9 Å². The second-order valence-electron chi connectivity index (χ2n) is 17.9. The number of hydrogen-bond donors (Lipinski definition) is 1. The molecule has 0 bridgehead atoms. The van der Waals surface area contributed by atoms with Crippen LogP contribution in [-0.4, -0.2) is 19.6 Å². The van der Waals surface area contributed by atoms with E-state index in [1.54, 1.807) is 6.20 Å². The summed E-state index contributed by atoms with van der Waals surface area (Å²) in [5.74, 6) is 0.868. The smallest absolute Gasteiger partial charge is 0.148 e. The summed E-state index contributed by atoms with van der Waals surface area (Å²) in [6.45, 7) is 13.0. The number of aromatic nitrogens is 3. The van der Waals surface area contributed by atoms with Crippen LogP contribution >= 0.6 is 0 Å². The van der Waals surface area contributed by atoms with Crippen molar-refractivity contribution in [2.45, 2.75) is 52.4 Å². The van der Waals surface area contributed by atoms with Crippen LogP contribution in [0.2, 0.25) is 0 Å². The average Bonchev–Trinajstić information content (AvgIpc) is 3.68. The van der Waals surface area contributed by atoms with E-state index in [-0.39, 0.29) is 37.6 Å². The second-order valence-corrected chi connectivity index (χ2v) is 17.9. The van der Waals surface area contributed by atoms with E-state index in [4.69, 9.17) is 9.97 Å². The van der Waals surface area contributed by atoms with Gasteiger partial charge in [-0.2, -0.15) is 5.26 Å². The van der Waals surface area contributed by atoms with Crippen LogP contribution in [0.5, 0.6) is 5.75 Å². The molecule has 0 amide bonds. The third-order valence-electron chi connectivity index (χ3n) is 11.6. The molecule has 9 aromatic rings. The van der Waals surface area contributed by atoms with Gasteiger partial charge in [0, 0.05) is 44.1 Å². The number of phenolic OH excluding ortho intramolecular Hbond substituents is 1. The summed E-state index contributed by atoms with van der Waals surface area (Å²) in [4.78, 5) is 10.4. The summed E-state index contributed by atoms with van der Waals surface area (Å²) in [6.07, 6.45) is 1.66. The Morgan fingerprint density at radius 2 is 1.16 bits per heavy atom. The van der Waals surface area contributed by atoms with E-state index in [9.17, 15) is 10.4 Å². The van der Waals surface area contributed by atoms with Gasteiger partial charge in [0.25, 0.3) is 0 Å². The molecule has 9 rings (SSSR count). The number of benzene rings is 7.